The Morgan fingerprint density at radius 3 is 2.73 bits per heavy atom. The maximum Gasteiger partial charge on any atom is 0.226 e. The van der Waals surface area contributed by atoms with Gasteiger partial charge >= 0.3 is 0 Å². The van der Waals surface area contributed by atoms with Crippen molar-refractivity contribution in [1.82, 2.24) is 20.2 Å². The van der Waals surface area contributed by atoms with E-state index in [4.69, 9.17) is 21.6 Å². The number of hydrogen-bond acceptors (Lipinski definition) is 6. The first kappa shape index (κ1) is 23.1. The number of halogens is 2. The van der Waals surface area contributed by atoms with Crippen LogP contribution in [0.1, 0.15) is 18.5 Å². The topological polar surface area (TPSA) is 64.5 Å². The Bertz CT molecular complexity index is 1570. The summed E-state index contributed by atoms with van der Waals surface area (Å²) >= 11 is 6.85. The zero-order chi connectivity index (χ0) is 25.5. The second kappa shape index (κ2) is 8.25. The molecular weight excluding hydrogens is 489 g/mol. The fourth-order valence-electron chi connectivity index (χ4n) is 6.35. The molecule has 8 heteroatoms. The van der Waals surface area contributed by atoms with Gasteiger partial charge in [-0.2, -0.15) is 0 Å². The Morgan fingerprint density at radius 1 is 1.14 bits per heavy atom. The van der Waals surface area contributed by atoms with E-state index in [0.29, 0.717) is 39.4 Å². The van der Waals surface area contributed by atoms with E-state index in [0.717, 1.165) is 55.5 Å². The smallest absolute Gasteiger partial charge is 0.226 e. The molecule has 0 bridgehead atoms. The summed E-state index contributed by atoms with van der Waals surface area (Å²) in [5.74, 6) is 0.690. The molecule has 2 N–H and O–H groups in total. The Morgan fingerprint density at radius 2 is 1.95 bits per heavy atom. The summed E-state index contributed by atoms with van der Waals surface area (Å²) in [7, 11) is 4.15. The lowest BCUT2D eigenvalue weighted by molar-refractivity contribution is 0.245. The molecule has 2 saturated heterocycles. The number of nitrogens with one attached hydrogen (secondary N) is 1. The third-order valence-electron chi connectivity index (χ3n) is 8.70. The van der Waals surface area contributed by atoms with Gasteiger partial charge < -0.3 is 20.2 Å². The second-order valence-corrected chi connectivity index (χ2v) is 11.5. The van der Waals surface area contributed by atoms with E-state index < -0.39 is 5.82 Å². The molecular formula is C29H29ClFN5O. The highest BCUT2D eigenvalue weighted by Crippen LogP contribution is 2.59. The van der Waals surface area contributed by atoms with E-state index in [-0.39, 0.29) is 16.7 Å². The average molecular weight is 518 g/mol. The van der Waals surface area contributed by atoms with Crippen LogP contribution in [0.3, 0.4) is 0 Å². The van der Waals surface area contributed by atoms with Crippen LogP contribution in [-0.2, 0) is 5.41 Å². The molecule has 37 heavy (non-hydrogen) atoms. The molecule has 1 aromatic heterocycles. The van der Waals surface area contributed by atoms with Gasteiger partial charge in [-0.05, 0) is 80.5 Å². The zero-order valence-electron chi connectivity index (χ0n) is 20.9. The highest BCUT2D eigenvalue weighted by Gasteiger charge is 2.58. The summed E-state index contributed by atoms with van der Waals surface area (Å²) in [6.45, 7) is 3.51. The van der Waals surface area contributed by atoms with Gasteiger partial charge in [-0.15, -0.1) is 0 Å². The van der Waals surface area contributed by atoms with E-state index >= 15 is 4.39 Å². The van der Waals surface area contributed by atoms with Crippen LogP contribution in [0.2, 0.25) is 5.02 Å². The van der Waals surface area contributed by atoms with Gasteiger partial charge in [0.1, 0.15) is 11.3 Å². The van der Waals surface area contributed by atoms with Crippen molar-refractivity contribution in [3.8, 4) is 16.9 Å². The Kier molecular flexibility index (Phi) is 5.16. The summed E-state index contributed by atoms with van der Waals surface area (Å²) in [6, 6.07) is 13.2. The van der Waals surface area contributed by atoms with Crippen molar-refractivity contribution in [2.24, 2.45) is 5.92 Å². The van der Waals surface area contributed by atoms with E-state index in [2.05, 4.69) is 29.2 Å². The van der Waals surface area contributed by atoms with Gasteiger partial charge in [0.2, 0.25) is 5.95 Å². The molecule has 0 radical (unpaired) electrons. The molecule has 2 atom stereocenters. The molecule has 3 heterocycles. The molecule has 1 aliphatic carbocycles. The molecule has 3 aliphatic rings. The van der Waals surface area contributed by atoms with Crippen molar-refractivity contribution in [3.63, 3.8) is 0 Å². The van der Waals surface area contributed by atoms with E-state index in [1.165, 1.54) is 0 Å². The first-order valence-corrected chi connectivity index (χ1v) is 13.3. The molecule has 3 fully saturated rings. The number of nitrogens with zero attached hydrogens (tertiary/aromatic N) is 4. The highest BCUT2D eigenvalue weighted by atomic mass is 35.5. The summed E-state index contributed by atoms with van der Waals surface area (Å²) in [6.07, 6.45) is 2.02. The average Bonchev–Trinajstić information content (AvgIpc) is 3.59. The van der Waals surface area contributed by atoms with Crippen molar-refractivity contribution in [2.45, 2.75) is 24.3 Å². The van der Waals surface area contributed by atoms with Crippen LogP contribution in [0.5, 0.6) is 5.75 Å². The summed E-state index contributed by atoms with van der Waals surface area (Å²) in [5, 5.41) is 16.6. The fourth-order valence-corrected chi connectivity index (χ4v) is 6.64. The van der Waals surface area contributed by atoms with E-state index in [1.807, 2.05) is 30.3 Å². The maximum absolute atomic E-state index is 16.6. The maximum atomic E-state index is 16.6. The van der Waals surface area contributed by atoms with Crippen LogP contribution in [0, 0.1) is 11.7 Å². The number of aromatic hydroxyl groups is 1. The Labute approximate surface area is 220 Å². The van der Waals surface area contributed by atoms with Gasteiger partial charge in [0.15, 0.2) is 5.82 Å². The molecule has 3 aromatic carbocycles. The van der Waals surface area contributed by atoms with E-state index in [9.17, 15) is 5.11 Å². The van der Waals surface area contributed by atoms with Crippen molar-refractivity contribution in [2.75, 3.05) is 45.2 Å². The van der Waals surface area contributed by atoms with Gasteiger partial charge in [0.05, 0.1) is 10.7 Å². The van der Waals surface area contributed by atoms with Crippen LogP contribution in [0.15, 0.2) is 42.5 Å². The van der Waals surface area contributed by atoms with Crippen molar-refractivity contribution >= 4 is 39.2 Å². The minimum absolute atomic E-state index is 0.0536. The summed E-state index contributed by atoms with van der Waals surface area (Å²) in [5.41, 5.74) is 2.01. The van der Waals surface area contributed by atoms with Crippen molar-refractivity contribution in [3.05, 3.63) is 59.0 Å². The molecule has 190 valence electrons. The SMILES string of the molecule is CN(C)C1CN(c2nc(C34CCNCC3C4)c3cc(Cl)c(-c4cc(O)cc5ccccc45)c(F)c3n2)C1. The third kappa shape index (κ3) is 3.51. The van der Waals surface area contributed by atoms with Gasteiger partial charge in [0, 0.05) is 35.5 Å². The number of benzene rings is 3. The lowest BCUT2D eigenvalue weighted by Gasteiger charge is -2.43. The minimum atomic E-state index is -0.463. The Hall–Kier alpha value is -3.00. The molecule has 7 rings (SSSR count). The summed E-state index contributed by atoms with van der Waals surface area (Å²) in [4.78, 5) is 14.3. The number of phenolic OH excluding ortho intramolecular Hbond substituents is 1. The molecule has 1 saturated carbocycles. The van der Waals surface area contributed by atoms with Crippen LogP contribution in [0.25, 0.3) is 32.8 Å². The normalized spacial score (nSPS) is 23.5. The number of aromatic nitrogens is 2. The molecule has 0 amide bonds. The first-order chi connectivity index (χ1) is 17.9. The third-order valence-corrected chi connectivity index (χ3v) is 9.00. The van der Waals surface area contributed by atoms with Gasteiger partial charge in [0.25, 0.3) is 0 Å². The Balaban J connectivity index is 1.46. The lowest BCUT2D eigenvalue weighted by Crippen LogP contribution is -2.58. The number of fused-ring (bicyclic) bond motifs is 3. The predicted molar refractivity (Wildman–Crippen MR) is 146 cm³/mol. The first-order valence-electron chi connectivity index (χ1n) is 12.9. The summed E-state index contributed by atoms with van der Waals surface area (Å²) < 4.78 is 16.6. The number of phenols is 1. The molecule has 0 spiro atoms. The predicted octanol–water partition coefficient (Wildman–Crippen LogP) is 4.95. The van der Waals surface area contributed by atoms with Crippen LogP contribution in [-0.4, -0.2) is 66.3 Å². The quantitative estimate of drug-likeness (QED) is 0.399. The number of likely N-dealkylation sites (N-methyl/N-ethyl adjacent to an activating group) is 1. The van der Waals surface area contributed by atoms with Crippen LogP contribution >= 0.6 is 11.6 Å². The van der Waals surface area contributed by atoms with Gasteiger partial charge in [-0.3, -0.25) is 0 Å². The zero-order valence-corrected chi connectivity index (χ0v) is 21.7. The molecule has 2 unspecified atom stereocenters. The molecule has 2 aliphatic heterocycles. The lowest BCUT2D eigenvalue weighted by atomic mass is 9.88. The standard InChI is InChI=1S/C29H29ClFN5O/c1-35(2)18-14-36(15-18)28-33-26-22(27(34-28)29-7-8-32-13-17(29)12-29)11-23(30)24(25(26)31)21-10-19(37)9-16-5-3-4-6-20(16)21/h3-6,9-11,17-18,32,37H,7-8,12-15H2,1-2H3. The number of rotatable bonds is 4. The fraction of sp³-hybridized carbons (Fsp3) is 0.379. The number of hydrogen-bond donors (Lipinski definition) is 2. The van der Waals surface area contributed by atoms with Crippen LogP contribution < -0.4 is 10.2 Å². The van der Waals surface area contributed by atoms with Crippen LogP contribution in [0.4, 0.5) is 10.3 Å². The number of piperidine rings is 1. The van der Waals surface area contributed by atoms with Gasteiger partial charge in [-0.25, -0.2) is 14.4 Å². The van der Waals surface area contributed by atoms with E-state index in [1.54, 1.807) is 12.1 Å². The largest absolute Gasteiger partial charge is 0.508 e. The number of anilines is 1. The van der Waals surface area contributed by atoms with Gasteiger partial charge in [-0.1, -0.05) is 35.9 Å². The minimum Gasteiger partial charge on any atom is -0.508 e. The molecule has 6 nitrogen and oxygen atoms in total. The van der Waals surface area contributed by atoms with Crippen molar-refractivity contribution in [1.29, 1.82) is 0 Å². The highest BCUT2D eigenvalue weighted by molar-refractivity contribution is 6.34. The second-order valence-electron chi connectivity index (χ2n) is 11.1. The monoisotopic (exact) mass is 517 g/mol. The molecule has 4 aromatic rings. The van der Waals surface area contributed by atoms with Crippen molar-refractivity contribution < 1.29 is 9.50 Å².